The Balaban J connectivity index is 1.34. The molecular weight excluding hydrogens is 402 g/mol. The number of hydrogen-bond acceptors (Lipinski definition) is 7. The maximum absolute atomic E-state index is 5.50. The molecule has 172 valence electrons. The van der Waals surface area contributed by atoms with Gasteiger partial charge in [-0.05, 0) is 29.8 Å². The lowest BCUT2D eigenvalue weighted by Crippen LogP contribution is -2.45. The van der Waals surface area contributed by atoms with E-state index in [4.69, 9.17) is 9.47 Å². The van der Waals surface area contributed by atoms with E-state index in [9.17, 15) is 0 Å². The Morgan fingerprint density at radius 3 is 1.91 bits per heavy atom. The molecule has 0 spiro atoms. The second kappa shape index (κ2) is 12.6. The van der Waals surface area contributed by atoms with Crippen LogP contribution < -0.4 is 10.3 Å². The Morgan fingerprint density at radius 2 is 1.34 bits per heavy atom. The average molecular weight is 438 g/mol. The highest BCUT2D eigenvalue weighted by atomic mass is 16.5. The Bertz CT molecular complexity index is 781. The van der Waals surface area contributed by atoms with Crippen LogP contribution in [0.3, 0.4) is 0 Å². The normalized spacial score (nSPS) is 18.1. The Labute approximate surface area is 191 Å². The van der Waals surface area contributed by atoms with Gasteiger partial charge in [-0.2, -0.15) is 5.10 Å². The van der Waals surface area contributed by atoms with Crippen molar-refractivity contribution in [2.45, 2.75) is 0 Å². The highest BCUT2D eigenvalue weighted by Gasteiger charge is 2.15. The van der Waals surface area contributed by atoms with Crippen LogP contribution >= 0.6 is 0 Å². The summed E-state index contributed by atoms with van der Waals surface area (Å²) in [6.45, 7) is 11.7. The van der Waals surface area contributed by atoms with Crippen LogP contribution in [0, 0.1) is 0 Å². The van der Waals surface area contributed by atoms with Crippen molar-refractivity contribution in [1.29, 1.82) is 0 Å². The van der Waals surface area contributed by atoms with Crippen molar-refractivity contribution in [1.82, 2.24) is 9.80 Å². The van der Waals surface area contributed by atoms with Crippen LogP contribution in [-0.4, -0.2) is 94.8 Å². The number of benzene rings is 2. The topological polar surface area (TPSA) is 52.6 Å². The van der Waals surface area contributed by atoms with Crippen LogP contribution in [0.25, 0.3) is 0 Å². The van der Waals surface area contributed by atoms with Gasteiger partial charge in [-0.1, -0.05) is 30.3 Å². The van der Waals surface area contributed by atoms with Gasteiger partial charge in [-0.15, -0.1) is 0 Å². The lowest BCUT2D eigenvalue weighted by Gasteiger charge is -2.33. The van der Waals surface area contributed by atoms with Crippen LogP contribution in [-0.2, 0) is 9.47 Å². The summed E-state index contributed by atoms with van der Waals surface area (Å²) in [5.41, 5.74) is 6.40. The maximum atomic E-state index is 5.50. The van der Waals surface area contributed by atoms with Gasteiger partial charge in [-0.25, -0.2) is 0 Å². The van der Waals surface area contributed by atoms with E-state index in [2.05, 4.69) is 49.5 Å². The molecule has 32 heavy (non-hydrogen) atoms. The van der Waals surface area contributed by atoms with Crippen LogP contribution in [0.5, 0.6) is 0 Å². The minimum atomic E-state index is 0.846. The maximum Gasteiger partial charge on any atom is 0.0594 e. The molecular formula is C25H35N5O2. The smallest absolute Gasteiger partial charge is 0.0594 e. The molecule has 0 amide bonds. The van der Waals surface area contributed by atoms with E-state index in [0.29, 0.717) is 0 Å². The number of nitrogens with zero attached hydrogens (tertiary/aromatic N) is 4. The van der Waals surface area contributed by atoms with Gasteiger partial charge in [0.2, 0.25) is 0 Å². The number of anilines is 2. The molecule has 0 saturated carbocycles. The van der Waals surface area contributed by atoms with Gasteiger partial charge >= 0.3 is 0 Å². The van der Waals surface area contributed by atoms with Crippen molar-refractivity contribution < 1.29 is 9.47 Å². The summed E-state index contributed by atoms with van der Waals surface area (Å²) < 4.78 is 11.0. The zero-order chi connectivity index (χ0) is 21.8. The molecule has 0 aliphatic carbocycles. The zero-order valence-electron chi connectivity index (χ0n) is 18.9. The van der Waals surface area contributed by atoms with E-state index in [1.54, 1.807) is 0 Å². The Kier molecular flexibility index (Phi) is 8.92. The third-order valence-electron chi connectivity index (χ3n) is 6.02. The third-order valence-corrected chi connectivity index (χ3v) is 6.02. The van der Waals surface area contributed by atoms with Gasteiger partial charge in [0.25, 0.3) is 0 Å². The molecule has 2 aliphatic heterocycles. The first kappa shape index (κ1) is 22.7. The largest absolute Gasteiger partial charge is 0.379 e. The number of nitrogens with one attached hydrogen (secondary N) is 1. The summed E-state index contributed by atoms with van der Waals surface area (Å²) >= 11 is 0. The van der Waals surface area contributed by atoms with Gasteiger partial charge in [0.05, 0.1) is 38.3 Å². The third kappa shape index (κ3) is 7.31. The van der Waals surface area contributed by atoms with Crippen molar-refractivity contribution in [3.05, 3.63) is 60.2 Å². The van der Waals surface area contributed by atoms with E-state index in [-0.39, 0.29) is 0 Å². The molecule has 4 rings (SSSR count). The number of para-hydroxylation sites is 1. The lowest BCUT2D eigenvalue weighted by molar-refractivity contribution is 0.0368. The molecule has 2 heterocycles. The van der Waals surface area contributed by atoms with Crippen LogP contribution in [0.4, 0.5) is 11.4 Å². The second-order valence-corrected chi connectivity index (χ2v) is 8.22. The number of rotatable bonds is 10. The molecule has 0 radical (unpaired) electrons. The summed E-state index contributed by atoms with van der Waals surface area (Å²) in [6, 6.07) is 18.7. The second-order valence-electron chi connectivity index (χ2n) is 8.22. The molecule has 0 aromatic heterocycles. The highest BCUT2D eigenvalue weighted by Crippen LogP contribution is 2.16. The van der Waals surface area contributed by atoms with Crippen molar-refractivity contribution in [2.24, 2.45) is 5.10 Å². The predicted octanol–water partition coefficient (Wildman–Crippen LogP) is 2.60. The molecule has 0 unspecified atom stereocenters. The quantitative estimate of drug-likeness (QED) is 0.456. The molecule has 2 aliphatic rings. The first-order chi connectivity index (χ1) is 15.9. The van der Waals surface area contributed by atoms with E-state index >= 15 is 0 Å². The predicted molar refractivity (Wildman–Crippen MR) is 131 cm³/mol. The molecule has 0 bridgehead atoms. The van der Waals surface area contributed by atoms with Gasteiger partial charge in [-0.3, -0.25) is 15.2 Å². The fourth-order valence-corrected chi connectivity index (χ4v) is 4.01. The van der Waals surface area contributed by atoms with Crippen molar-refractivity contribution in [2.75, 3.05) is 89.1 Å². The minimum absolute atomic E-state index is 0.846. The molecule has 0 atom stereocenters. The molecule has 2 saturated heterocycles. The van der Waals surface area contributed by atoms with Gasteiger partial charge in [0.1, 0.15) is 0 Å². The lowest BCUT2D eigenvalue weighted by atomic mass is 10.2. The summed E-state index contributed by atoms with van der Waals surface area (Å²) in [7, 11) is 0. The summed E-state index contributed by atoms with van der Waals surface area (Å²) in [6.07, 6.45) is 1.86. The van der Waals surface area contributed by atoms with Crippen LogP contribution in [0.15, 0.2) is 59.7 Å². The average Bonchev–Trinajstić information content (AvgIpc) is 2.87. The number of ether oxygens (including phenoxy) is 2. The zero-order valence-corrected chi connectivity index (χ0v) is 18.9. The van der Waals surface area contributed by atoms with Crippen LogP contribution in [0.2, 0.25) is 0 Å². The fraction of sp³-hybridized carbons (Fsp3) is 0.480. The minimum Gasteiger partial charge on any atom is -0.379 e. The van der Waals surface area contributed by atoms with Crippen LogP contribution in [0.1, 0.15) is 5.56 Å². The van der Waals surface area contributed by atoms with Gasteiger partial charge in [0.15, 0.2) is 0 Å². The summed E-state index contributed by atoms with van der Waals surface area (Å²) in [4.78, 5) is 7.51. The number of hydrogen-bond donors (Lipinski definition) is 1. The molecule has 7 heteroatoms. The first-order valence-electron chi connectivity index (χ1n) is 11.7. The van der Waals surface area contributed by atoms with E-state index in [1.807, 2.05) is 36.5 Å². The molecule has 2 aromatic carbocycles. The van der Waals surface area contributed by atoms with E-state index in [1.165, 1.54) is 5.69 Å². The van der Waals surface area contributed by atoms with Gasteiger partial charge in [0, 0.05) is 58.0 Å². The molecule has 1 N–H and O–H groups in total. The monoisotopic (exact) mass is 437 g/mol. The Hall–Kier alpha value is -2.45. The SMILES string of the molecule is C(=NNc1ccccc1)c1ccc(N(CCN2CCOCC2)CCN2CCOCC2)cc1. The standard InChI is InChI=1S/C25H35N5O2/c1-2-4-24(5-3-1)27-26-22-23-6-8-25(9-7-23)30(12-10-28-14-18-31-19-15-28)13-11-29-16-20-32-21-17-29/h1-9,22,27H,10-21H2. The molecule has 2 aromatic rings. The number of morpholine rings is 2. The number of hydrazone groups is 1. The van der Waals surface area contributed by atoms with Crippen molar-refractivity contribution >= 4 is 17.6 Å². The van der Waals surface area contributed by atoms with Crippen molar-refractivity contribution in [3.8, 4) is 0 Å². The summed E-state index contributed by atoms with van der Waals surface area (Å²) in [5, 5.41) is 4.36. The fourth-order valence-electron chi connectivity index (χ4n) is 4.01. The van der Waals surface area contributed by atoms with Crippen molar-refractivity contribution in [3.63, 3.8) is 0 Å². The highest BCUT2D eigenvalue weighted by molar-refractivity contribution is 5.81. The summed E-state index contributed by atoms with van der Waals surface area (Å²) in [5.74, 6) is 0. The van der Waals surface area contributed by atoms with E-state index in [0.717, 1.165) is 90.0 Å². The molecule has 7 nitrogen and oxygen atoms in total. The molecule has 2 fully saturated rings. The van der Waals surface area contributed by atoms with E-state index < -0.39 is 0 Å². The van der Waals surface area contributed by atoms with Gasteiger partial charge < -0.3 is 14.4 Å². The first-order valence-corrected chi connectivity index (χ1v) is 11.7. The Morgan fingerprint density at radius 1 is 0.781 bits per heavy atom.